The van der Waals surface area contributed by atoms with Crippen LogP contribution >= 0.6 is 20.5 Å². The minimum atomic E-state index is -4.44. The molecule has 2 rings (SSSR count). The first-order valence-corrected chi connectivity index (χ1v) is 11.4. The van der Waals surface area contributed by atoms with Gasteiger partial charge in [0.15, 0.2) is 0 Å². The zero-order valence-corrected chi connectivity index (χ0v) is 18.5. The van der Waals surface area contributed by atoms with Gasteiger partial charge in [-0.2, -0.15) is 12.6 Å². The van der Waals surface area contributed by atoms with E-state index in [0.29, 0.717) is 6.42 Å². The molecule has 8 nitrogen and oxygen atoms in total. The summed E-state index contributed by atoms with van der Waals surface area (Å²) in [7, 11) is 7.20. The van der Waals surface area contributed by atoms with E-state index in [1.54, 1.807) is 0 Å². The molecule has 0 aliphatic carbocycles. The number of hydrogen-bond donors (Lipinski definition) is 2. The average Bonchev–Trinajstić information content (AvgIpc) is 3.04. The molecule has 2 saturated heterocycles. The lowest BCUT2D eigenvalue weighted by molar-refractivity contribution is -0.0648. The molecule has 2 fully saturated rings. The summed E-state index contributed by atoms with van der Waals surface area (Å²) in [5.74, 6) is 0. The van der Waals surface area contributed by atoms with Crippen LogP contribution in [0.3, 0.4) is 0 Å². The van der Waals surface area contributed by atoms with E-state index in [2.05, 4.69) is 12.6 Å². The molecule has 0 aromatic rings. The Kier molecular flexibility index (Phi) is 9.39. The Morgan fingerprint density at radius 3 is 2.43 bits per heavy atom. The van der Waals surface area contributed by atoms with Gasteiger partial charge in [-0.3, -0.25) is 9.05 Å². The molecule has 4 radical (unpaired) electrons. The Morgan fingerprint density at radius 1 is 1.14 bits per heavy atom. The number of phosphoric acid groups is 1. The maximum absolute atomic E-state index is 12.5. The minimum Gasteiger partial charge on any atom is -0.380 e. The Hall–Kier alpha value is 0.430. The average molecular weight is 434 g/mol. The van der Waals surface area contributed by atoms with Gasteiger partial charge < -0.3 is 23.8 Å². The molecule has 8 atom stereocenters. The molecular weight excluding hydrogens is 405 g/mol. The third-order valence-electron chi connectivity index (χ3n) is 4.30. The number of thiol groups is 1. The largest absolute Gasteiger partial charge is 0.472 e. The fraction of sp³-hybridized carbons (Fsp3) is 1.00. The molecule has 0 saturated carbocycles. The summed E-state index contributed by atoms with van der Waals surface area (Å²) >= 11 is 4.34. The molecule has 0 aromatic carbocycles. The summed E-state index contributed by atoms with van der Waals surface area (Å²) in [5, 5.41) is -0.613. The number of rotatable bonds is 10. The predicted octanol–water partition coefficient (Wildman–Crippen LogP) is 1.18. The van der Waals surface area contributed by atoms with E-state index < -0.39 is 43.4 Å². The molecule has 4 unspecified atom stereocenters. The van der Waals surface area contributed by atoms with Crippen LogP contribution in [-0.2, 0) is 32.6 Å². The van der Waals surface area contributed by atoms with Crippen molar-refractivity contribution in [3.8, 4) is 0 Å². The van der Waals surface area contributed by atoms with Crippen molar-refractivity contribution in [3.05, 3.63) is 0 Å². The van der Waals surface area contributed by atoms with Crippen LogP contribution in [0.1, 0.15) is 34.1 Å². The smallest absolute Gasteiger partial charge is 0.380 e. The summed E-state index contributed by atoms with van der Waals surface area (Å²) in [6.45, 7) is 7.45. The monoisotopic (exact) mass is 434 g/mol. The van der Waals surface area contributed by atoms with Gasteiger partial charge in [0.25, 0.3) is 0 Å². The summed E-state index contributed by atoms with van der Waals surface area (Å²) < 4.78 is 45.3. The topological polar surface area (TPSA) is 92.7 Å². The molecule has 158 valence electrons. The molecule has 2 heterocycles. The molecule has 2 aliphatic heterocycles. The highest BCUT2D eigenvalue weighted by molar-refractivity contribution is 7.81. The summed E-state index contributed by atoms with van der Waals surface area (Å²) in [5.41, 5.74) is 0. The van der Waals surface area contributed by atoms with Crippen molar-refractivity contribution in [2.75, 3.05) is 13.2 Å². The van der Waals surface area contributed by atoms with Crippen LogP contribution in [0.25, 0.3) is 0 Å². The first-order valence-electron chi connectivity index (χ1n) is 9.41. The highest BCUT2D eigenvalue weighted by Gasteiger charge is 2.45. The lowest BCUT2D eigenvalue weighted by Gasteiger charge is -2.26. The van der Waals surface area contributed by atoms with Gasteiger partial charge >= 0.3 is 7.82 Å². The molecule has 0 amide bonds. The van der Waals surface area contributed by atoms with E-state index in [9.17, 15) is 9.46 Å². The van der Waals surface area contributed by atoms with Crippen LogP contribution in [0.15, 0.2) is 0 Å². The Labute approximate surface area is 175 Å². The van der Waals surface area contributed by atoms with Gasteiger partial charge in [-0.25, -0.2) is 4.57 Å². The lowest BCUT2D eigenvalue weighted by Crippen LogP contribution is -2.35. The van der Waals surface area contributed by atoms with Gasteiger partial charge in [0.2, 0.25) is 0 Å². The van der Waals surface area contributed by atoms with E-state index in [4.69, 9.17) is 43.7 Å². The van der Waals surface area contributed by atoms with Gasteiger partial charge in [0.05, 0.1) is 31.5 Å². The highest BCUT2D eigenvalue weighted by atomic mass is 32.1. The third-order valence-corrected chi connectivity index (χ3v) is 5.87. The first kappa shape index (κ1) is 24.7. The van der Waals surface area contributed by atoms with Crippen LogP contribution in [0.4, 0.5) is 0 Å². The van der Waals surface area contributed by atoms with E-state index >= 15 is 0 Å². The van der Waals surface area contributed by atoms with E-state index in [-0.39, 0.29) is 31.5 Å². The Bertz CT molecular complexity index is 543. The van der Waals surface area contributed by atoms with Crippen LogP contribution in [0.5, 0.6) is 0 Å². The zero-order valence-electron chi connectivity index (χ0n) is 16.7. The second kappa shape index (κ2) is 10.6. The summed E-state index contributed by atoms with van der Waals surface area (Å²) in [4.78, 5) is 10.2. The fourth-order valence-electron chi connectivity index (χ4n) is 3.06. The third kappa shape index (κ3) is 7.29. The van der Waals surface area contributed by atoms with Crippen molar-refractivity contribution in [1.82, 2.24) is 0 Å². The van der Waals surface area contributed by atoms with Crippen molar-refractivity contribution < 1.29 is 37.5 Å². The number of phosphoric ester groups is 1. The zero-order chi connectivity index (χ0) is 21.1. The second-order valence-electron chi connectivity index (χ2n) is 7.52. The van der Waals surface area contributed by atoms with Gasteiger partial charge in [-0.05, 0) is 34.1 Å². The molecule has 2 aliphatic rings. The van der Waals surface area contributed by atoms with Gasteiger partial charge in [0, 0.05) is 17.3 Å². The molecule has 12 heteroatoms. The van der Waals surface area contributed by atoms with Gasteiger partial charge in [-0.15, -0.1) is 0 Å². The standard InChI is InChI=1S/C16H29B2O8PS/c1-8(2)21-6-12-14(15(28)16(18)25-12)26-27(19,20)22-7-11-10(23-9(3)4)5-13(17)24-11/h8-16,28H,5-7H2,1-4H3,(H,19,20)/t10?,11-,12-,13-,14?,15?,16-/m1/s1. The van der Waals surface area contributed by atoms with Gasteiger partial charge in [0.1, 0.15) is 34.0 Å². The fourth-order valence-corrected chi connectivity index (χ4v) is 4.45. The molecule has 1 N–H and O–H groups in total. The normalized spacial score (nSPS) is 38.4. The van der Waals surface area contributed by atoms with Crippen LogP contribution in [0.2, 0.25) is 0 Å². The number of hydrogen-bond acceptors (Lipinski definition) is 8. The maximum atomic E-state index is 12.5. The second-order valence-corrected chi connectivity index (χ2v) is 9.52. The first-order chi connectivity index (χ1) is 13.0. The van der Waals surface area contributed by atoms with E-state index in [1.165, 1.54) is 0 Å². The predicted molar refractivity (Wildman–Crippen MR) is 108 cm³/mol. The summed E-state index contributed by atoms with van der Waals surface area (Å²) in [6.07, 6.45) is -2.03. The van der Waals surface area contributed by atoms with Crippen molar-refractivity contribution >= 4 is 36.1 Å². The maximum Gasteiger partial charge on any atom is 0.472 e. The lowest BCUT2D eigenvalue weighted by atomic mass is 9.95. The van der Waals surface area contributed by atoms with Gasteiger partial charge in [-0.1, -0.05) is 0 Å². The van der Waals surface area contributed by atoms with Crippen LogP contribution < -0.4 is 0 Å². The SMILES string of the molecule is [B][C@@H]1O[C@H](COC(C)C)C(OP(=O)(O)OC[C@H]2O[C@@H]([B])CC2OC(C)C)C1S. The molecule has 0 aromatic heterocycles. The van der Waals surface area contributed by atoms with Crippen LogP contribution in [-0.4, -0.2) is 87.7 Å². The van der Waals surface area contributed by atoms with E-state index in [1.807, 2.05) is 27.7 Å². The van der Waals surface area contributed by atoms with Crippen molar-refractivity contribution in [1.29, 1.82) is 0 Å². The highest BCUT2D eigenvalue weighted by Crippen LogP contribution is 2.48. The quantitative estimate of drug-likeness (QED) is 0.301. The minimum absolute atomic E-state index is 0.0395. The number of ether oxygens (including phenoxy) is 4. The Balaban J connectivity index is 1.93. The van der Waals surface area contributed by atoms with E-state index in [0.717, 1.165) is 0 Å². The van der Waals surface area contributed by atoms with Crippen molar-refractivity contribution in [3.63, 3.8) is 0 Å². The molecular formula is C16H29B2O8PS. The molecule has 0 spiro atoms. The summed E-state index contributed by atoms with van der Waals surface area (Å²) in [6, 6.07) is -1.27. The Morgan fingerprint density at radius 2 is 1.82 bits per heavy atom. The van der Waals surface area contributed by atoms with Crippen molar-refractivity contribution in [2.45, 2.75) is 88.0 Å². The molecule has 28 heavy (non-hydrogen) atoms. The van der Waals surface area contributed by atoms with Crippen LogP contribution in [0, 0.1) is 0 Å². The molecule has 0 bridgehead atoms. The van der Waals surface area contributed by atoms with Crippen molar-refractivity contribution in [2.24, 2.45) is 0 Å².